The molecule has 3 rings (SSSR count). The van der Waals surface area contributed by atoms with Crippen LogP contribution in [0, 0.1) is 5.92 Å². The summed E-state index contributed by atoms with van der Waals surface area (Å²) in [6.07, 6.45) is 4.73. The second-order valence-corrected chi connectivity index (χ2v) is 8.03. The lowest BCUT2D eigenvalue weighted by Gasteiger charge is -2.31. The minimum atomic E-state index is -3.55. The van der Waals surface area contributed by atoms with Gasteiger partial charge < -0.3 is 5.32 Å². The maximum Gasteiger partial charge on any atom is 0.243 e. The van der Waals surface area contributed by atoms with Crippen LogP contribution in [0.15, 0.2) is 59.8 Å². The molecule has 2 heterocycles. The Morgan fingerprint density at radius 1 is 1.16 bits per heavy atom. The summed E-state index contributed by atoms with van der Waals surface area (Å²) < 4.78 is 26.9. The molecule has 25 heavy (non-hydrogen) atoms. The zero-order valence-corrected chi connectivity index (χ0v) is 14.7. The quantitative estimate of drug-likeness (QED) is 0.883. The number of pyridine rings is 1. The van der Waals surface area contributed by atoms with Gasteiger partial charge in [0.2, 0.25) is 15.9 Å². The highest BCUT2D eigenvalue weighted by Gasteiger charge is 2.33. The third-order valence-electron chi connectivity index (χ3n) is 4.35. The van der Waals surface area contributed by atoms with Gasteiger partial charge in [-0.2, -0.15) is 4.31 Å². The average molecular weight is 359 g/mol. The lowest BCUT2D eigenvalue weighted by atomic mass is 9.99. The topological polar surface area (TPSA) is 79.4 Å². The van der Waals surface area contributed by atoms with Gasteiger partial charge in [-0.3, -0.25) is 9.78 Å². The van der Waals surface area contributed by atoms with Crippen LogP contribution in [0.3, 0.4) is 0 Å². The van der Waals surface area contributed by atoms with Crippen molar-refractivity contribution in [2.45, 2.75) is 24.3 Å². The highest BCUT2D eigenvalue weighted by molar-refractivity contribution is 7.89. The monoisotopic (exact) mass is 359 g/mol. The van der Waals surface area contributed by atoms with E-state index in [9.17, 15) is 13.2 Å². The first-order valence-corrected chi connectivity index (χ1v) is 9.73. The van der Waals surface area contributed by atoms with Crippen molar-refractivity contribution in [1.82, 2.24) is 14.6 Å². The maximum absolute atomic E-state index is 12.7. The third kappa shape index (κ3) is 4.24. The molecule has 0 bridgehead atoms. The van der Waals surface area contributed by atoms with E-state index in [1.807, 2.05) is 12.1 Å². The second-order valence-electron chi connectivity index (χ2n) is 6.09. The molecule has 1 saturated heterocycles. The summed E-state index contributed by atoms with van der Waals surface area (Å²) in [5.74, 6) is -0.432. The Bertz CT molecular complexity index is 810. The van der Waals surface area contributed by atoms with E-state index in [0.717, 1.165) is 5.56 Å². The molecule has 1 N–H and O–H groups in total. The van der Waals surface area contributed by atoms with Gasteiger partial charge in [-0.15, -0.1) is 0 Å². The first-order chi connectivity index (χ1) is 12.1. The van der Waals surface area contributed by atoms with Crippen molar-refractivity contribution < 1.29 is 13.2 Å². The molecule has 1 amide bonds. The Labute approximate surface area is 147 Å². The van der Waals surface area contributed by atoms with Gasteiger partial charge in [-0.25, -0.2) is 8.42 Å². The Kier molecular flexibility index (Phi) is 5.45. The molecule has 7 heteroatoms. The van der Waals surface area contributed by atoms with Crippen LogP contribution in [-0.2, 0) is 21.4 Å². The number of hydrogen-bond acceptors (Lipinski definition) is 4. The number of nitrogens with one attached hydrogen (secondary N) is 1. The molecule has 0 saturated carbocycles. The first-order valence-electron chi connectivity index (χ1n) is 8.29. The number of rotatable bonds is 5. The molecule has 1 fully saturated rings. The number of carbonyl (C=O) groups is 1. The highest BCUT2D eigenvalue weighted by atomic mass is 32.2. The van der Waals surface area contributed by atoms with Crippen LogP contribution in [-0.4, -0.2) is 36.7 Å². The van der Waals surface area contributed by atoms with Crippen molar-refractivity contribution in [3.63, 3.8) is 0 Å². The lowest BCUT2D eigenvalue weighted by Crippen LogP contribution is -2.45. The molecule has 1 aromatic heterocycles. The van der Waals surface area contributed by atoms with Crippen LogP contribution >= 0.6 is 0 Å². The first kappa shape index (κ1) is 17.6. The van der Waals surface area contributed by atoms with E-state index >= 15 is 0 Å². The van der Waals surface area contributed by atoms with Crippen LogP contribution in [0.1, 0.15) is 18.4 Å². The van der Waals surface area contributed by atoms with Crippen molar-refractivity contribution in [3.8, 4) is 0 Å². The number of sulfonamides is 1. The van der Waals surface area contributed by atoms with Gasteiger partial charge in [0.15, 0.2) is 0 Å². The number of carbonyl (C=O) groups excluding carboxylic acids is 1. The van der Waals surface area contributed by atoms with E-state index < -0.39 is 10.0 Å². The summed E-state index contributed by atoms with van der Waals surface area (Å²) >= 11 is 0. The predicted octanol–water partition coefficient (Wildman–Crippen LogP) is 1.80. The number of amides is 1. The van der Waals surface area contributed by atoms with Crippen LogP contribution < -0.4 is 5.32 Å². The number of hydrogen-bond donors (Lipinski definition) is 1. The fraction of sp³-hybridized carbons (Fsp3) is 0.333. The number of nitrogens with zero attached hydrogens (tertiary/aromatic N) is 2. The summed E-state index contributed by atoms with van der Waals surface area (Å²) in [6.45, 7) is 1.09. The maximum atomic E-state index is 12.7. The van der Waals surface area contributed by atoms with Crippen molar-refractivity contribution >= 4 is 15.9 Å². The minimum Gasteiger partial charge on any atom is -0.352 e. The molecule has 1 atom stereocenters. The van der Waals surface area contributed by atoms with Crippen molar-refractivity contribution in [1.29, 1.82) is 0 Å². The molecule has 0 unspecified atom stereocenters. The summed E-state index contributed by atoms with van der Waals surface area (Å²) in [5.41, 5.74) is 0.966. The van der Waals surface area contributed by atoms with E-state index in [4.69, 9.17) is 0 Å². The molecule has 0 radical (unpaired) electrons. The van der Waals surface area contributed by atoms with Gasteiger partial charge in [-0.05, 0) is 42.7 Å². The predicted molar refractivity (Wildman–Crippen MR) is 94.0 cm³/mol. The van der Waals surface area contributed by atoms with Gasteiger partial charge >= 0.3 is 0 Å². The Morgan fingerprint density at radius 2 is 1.88 bits per heavy atom. The molecule has 0 spiro atoms. The second kappa shape index (κ2) is 7.76. The van der Waals surface area contributed by atoms with Gasteiger partial charge in [0, 0.05) is 32.0 Å². The smallest absolute Gasteiger partial charge is 0.243 e. The lowest BCUT2D eigenvalue weighted by molar-refractivity contribution is -0.126. The highest BCUT2D eigenvalue weighted by Crippen LogP contribution is 2.23. The molecular formula is C18H21N3O3S. The van der Waals surface area contributed by atoms with Gasteiger partial charge in [-0.1, -0.05) is 18.2 Å². The third-order valence-corrected chi connectivity index (χ3v) is 6.23. The molecule has 1 aliphatic heterocycles. The summed E-state index contributed by atoms with van der Waals surface area (Å²) in [4.78, 5) is 16.6. The van der Waals surface area contributed by atoms with E-state index in [0.29, 0.717) is 25.9 Å². The minimum absolute atomic E-state index is 0.107. The molecule has 132 valence electrons. The zero-order valence-electron chi connectivity index (χ0n) is 13.8. The molecule has 2 aromatic rings. The van der Waals surface area contributed by atoms with Crippen LogP contribution in [0.4, 0.5) is 0 Å². The van der Waals surface area contributed by atoms with Crippen molar-refractivity contribution in [2.24, 2.45) is 5.92 Å². The standard InChI is InChI=1S/C18H21N3O3S/c22-18(20-13-15-8-10-19-11-9-15)16-5-4-12-21(14-16)25(23,24)17-6-2-1-3-7-17/h1-3,6-11,16H,4-5,12-14H2,(H,20,22)/t16-/m0/s1. The molecule has 6 nitrogen and oxygen atoms in total. The fourth-order valence-electron chi connectivity index (χ4n) is 2.95. The van der Waals surface area contributed by atoms with E-state index in [2.05, 4.69) is 10.3 Å². The van der Waals surface area contributed by atoms with Gasteiger partial charge in [0.05, 0.1) is 10.8 Å². The molecule has 0 aliphatic carbocycles. The Balaban J connectivity index is 1.64. The van der Waals surface area contributed by atoms with E-state index in [1.165, 1.54) is 4.31 Å². The average Bonchev–Trinajstić information content (AvgIpc) is 2.67. The molecule has 1 aromatic carbocycles. The Morgan fingerprint density at radius 3 is 2.60 bits per heavy atom. The largest absolute Gasteiger partial charge is 0.352 e. The summed E-state index contributed by atoms with van der Waals surface area (Å²) in [5, 5.41) is 2.89. The molecule has 1 aliphatic rings. The van der Waals surface area contributed by atoms with Crippen LogP contribution in [0.5, 0.6) is 0 Å². The van der Waals surface area contributed by atoms with Crippen LogP contribution in [0.25, 0.3) is 0 Å². The van der Waals surface area contributed by atoms with Gasteiger partial charge in [0.1, 0.15) is 0 Å². The number of aromatic nitrogens is 1. The van der Waals surface area contributed by atoms with Crippen molar-refractivity contribution in [3.05, 3.63) is 60.4 Å². The summed E-state index contributed by atoms with van der Waals surface area (Å²) in [6, 6.07) is 12.0. The SMILES string of the molecule is O=C(NCc1ccncc1)[C@H]1CCCN(S(=O)(=O)c2ccccc2)C1. The molecular weight excluding hydrogens is 338 g/mol. The number of piperidine rings is 1. The normalized spacial score (nSPS) is 18.6. The summed E-state index contributed by atoms with van der Waals surface area (Å²) in [7, 11) is -3.55. The number of benzene rings is 1. The van der Waals surface area contributed by atoms with Crippen molar-refractivity contribution in [2.75, 3.05) is 13.1 Å². The van der Waals surface area contributed by atoms with E-state index in [-0.39, 0.29) is 23.3 Å². The van der Waals surface area contributed by atoms with Crippen LogP contribution in [0.2, 0.25) is 0 Å². The fourth-order valence-corrected chi connectivity index (χ4v) is 4.50. The zero-order chi connectivity index (χ0) is 17.7. The van der Waals surface area contributed by atoms with E-state index in [1.54, 1.807) is 42.7 Å². The Hall–Kier alpha value is -2.25. The van der Waals surface area contributed by atoms with Gasteiger partial charge in [0.25, 0.3) is 0 Å².